The van der Waals surface area contributed by atoms with Crippen molar-refractivity contribution < 1.29 is 19.4 Å². The highest BCUT2D eigenvalue weighted by Gasteiger charge is 2.03. The van der Waals surface area contributed by atoms with Gasteiger partial charge in [0.1, 0.15) is 17.1 Å². The molecule has 0 saturated carbocycles. The molecule has 1 heterocycles. The monoisotopic (exact) mass is 323 g/mol. The Balaban J connectivity index is 1.77. The second kappa shape index (κ2) is 6.29. The number of aromatic hydroxyl groups is 2. The highest BCUT2D eigenvalue weighted by Crippen LogP contribution is 2.23. The van der Waals surface area contributed by atoms with E-state index in [-0.39, 0.29) is 11.5 Å². The number of fused-ring (bicyclic) bond motifs is 1. The van der Waals surface area contributed by atoms with Crippen LogP contribution in [0.3, 0.4) is 0 Å². The molecule has 0 unspecified atom stereocenters. The number of phenols is 2. The third-order valence-corrected chi connectivity index (χ3v) is 3.31. The van der Waals surface area contributed by atoms with Gasteiger partial charge in [-0.3, -0.25) is 4.79 Å². The van der Waals surface area contributed by atoms with E-state index < -0.39 is 11.5 Å². The first kappa shape index (κ1) is 15.4. The number of carbonyl (C=O) groups is 1. The standard InChI is InChI=1S/C18H13NO5/c20-14-4-5-15(21)11(10-14)1-7-17(22)19-13-3-6-16-12(9-13)2-8-18(23)24-16/h1-10,20-21H,(H,19,22)/b7-1+. The summed E-state index contributed by atoms with van der Waals surface area (Å²) in [5.41, 5.74) is 0.852. The topological polar surface area (TPSA) is 99.8 Å². The first-order valence-corrected chi connectivity index (χ1v) is 7.06. The van der Waals surface area contributed by atoms with Crippen LogP contribution >= 0.6 is 0 Å². The lowest BCUT2D eigenvalue weighted by atomic mass is 10.1. The first-order chi connectivity index (χ1) is 11.5. The number of anilines is 1. The molecule has 0 spiro atoms. The van der Waals surface area contributed by atoms with Crippen LogP contribution in [0.5, 0.6) is 11.5 Å². The summed E-state index contributed by atoms with van der Waals surface area (Å²) in [7, 11) is 0. The van der Waals surface area contributed by atoms with Crippen molar-refractivity contribution in [3.63, 3.8) is 0 Å². The van der Waals surface area contributed by atoms with Crippen LogP contribution in [-0.2, 0) is 4.79 Å². The molecule has 0 aliphatic carbocycles. The Morgan fingerprint density at radius 3 is 2.71 bits per heavy atom. The lowest BCUT2D eigenvalue weighted by Gasteiger charge is -2.04. The number of carbonyl (C=O) groups excluding carboxylic acids is 1. The molecule has 120 valence electrons. The van der Waals surface area contributed by atoms with Crippen molar-refractivity contribution in [1.82, 2.24) is 0 Å². The third-order valence-electron chi connectivity index (χ3n) is 3.31. The van der Waals surface area contributed by atoms with Crippen molar-refractivity contribution in [3.05, 3.63) is 70.6 Å². The quantitative estimate of drug-likeness (QED) is 0.391. The second-order valence-corrected chi connectivity index (χ2v) is 5.07. The zero-order valence-electron chi connectivity index (χ0n) is 12.4. The zero-order chi connectivity index (χ0) is 17.1. The number of hydrogen-bond donors (Lipinski definition) is 3. The summed E-state index contributed by atoms with van der Waals surface area (Å²) in [6.07, 6.45) is 2.63. The number of phenolic OH excluding ortho intramolecular Hbond substituents is 2. The molecular formula is C18H13NO5. The van der Waals surface area contributed by atoms with E-state index in [2.05, 4.69) is 5.32 Å². The number of amides is 1. The van der Waals surface area contributed by atoms with Crippen molar-refractivity contribution >= 4 is 28.6 Å². The fourth-order valence-corrected chi connectivity index (χ4v) is 2.17. The molecule has 24 heavy (non-hydrogen) atoms. The Kier molecular flexibility index (Phi) is 4.03. The summed E-state index contributed by atoms with van der Waals surface area (Å²) in [6.45, 7) is 0. The molecule has 0 aliphatic rings. The molecule has 3 N–H and O–H groups in total. The third kappa shape index (κ3) is 3.44. The molecule has 0 aliphatic heterocycles. The maximum Gasteiger partial charge on any atom is 0.336 e. The molecule has 3 aromatic rings. The van der Waals surface area contributed by atoms with Crippen molar-refractivity contribution in [2.24, 2.45) is 0 Å². The van der Waals surface area contributed by atoms with E-state index in [1.807, 2.05) is 0 Å². The van der Waals surface area contributed by atoms with E-state index in [1.165, 1.54) is 36.4 Å². The number of hydrogen-bond acceptors (Lipinski definition) is 5. The van der Waals surface area contributed by atoms with Crippen molar-refractivity contribution in [2.75, 3.05) is 5.32 Å². The molecule has 6 nitrogen and oxygen atoms in total. The van der Waals surface area contributed by atoms with Crippen molar-refractivity contribution in [3.8, 4) is 11.5 Å². The number of nitrogens with one attached hydrogen (secondary N) is 1. The lowest BCUT2D eigenvalue weighted by Crippen LogP contribution is -2.07. The molecule has 3 rings (SSSR count). The molecule has 0 bridgehead atoms. The fourth-order valence-electron chi connectivity index (χ4n) is 2.17. The number of rotatable bonds is 3. The largest absolute Gasteiger partial charge is 0.508 e. The van der Waals surface area contributed by atoms with Gasteiger partial charge in [-0.2, -0.15) is 0 Å². The average Bonchev–Trinajstić information content (AvgIpc) is 2.56. The van der Waals surface area contributed by atoms with Crippen LogP contribution in [0.15, 0.2) is 63.8 Å². The summed E-state index contributed by atoms with van der Waals surface area (Å²) in [6, 6.07) is 11.8. The first-order valence-electron chi connectivity index (χ1n) is 7.06. The molecule has 1 amide bonds. The summed E-state index contributed by atoms with van der Waals surface area (Å²) < 4.78 is 5.02. The normalized spacial score (nSPS) is 11.0. The average molecular weight is 323 g/mol. The van der Waals surface area contributed by atoms with Gasteiger partial charge in [-0.1, -0.05) is 0 Å². The van der Waals surface area contributed by atoms with Crippen LogP contribution in [0.4, 0.5) is 5.69 Å². The summed E-state index contributed by atoms with van der Waals surface area (Å²) in [4.78, 5) is 23.1. The Labute approximate surface area is 136 Å². The van der Waals surface area contributed by atoms with E-state index >= 15 is 0 Å². The van der Waals surface area contributed by atoms with Gasteiger partial charge >= 0.3 is 5.63 Å². The van der Waals surface area contributed by atoms with Crippen LogP contribution in [0.25, 0.3) is 17.0 Å². The van der Waals surface area contributed by atoms with E-state index in [4.69, 9.17) is 4.42 Å². The molecule has 6 heteroatoms. The molecular weight excluding hydrogens is 310 g/mol. The Hall–Kier alpha value is -3.54. The summed E-state index contributed by atoms with van der Waals surface area (Å²) in [5.74, 6) is -0.462. The van der Waals surface area contributed by atoms with E-state index in [0.29, 0.717) is 22.2 Å². The predicted octanol–water partition coefficient (Wildman–Crippen LogP) is 2.86. The van der Waals surface area contributed by atoms with Crippen LogP contribution in [0, 0.1) is 0 Å². The predicted molar refractivity (Wildman–Crippen MR) is 89.9 cm³/mol. The minimum Gasteiger partial charge on any atom is -0.508 e. The maximum atomic E-state index is 12.0. The van der Waals surface area contributed by atoms with Crippen LogP contribution in [-0.4, -0.2) is 16.1 Å². The Morgan fingerprint density at radius 1 is 1.04 bits per heavy atom. The van der Waals surface area contributed by atoms with Crippen LogP contribution < -0.4 is 10.9 Å². The minimum absolute atomic E-state index is 0.0103. The minimum atomic E-state index is -0.437. The van der Waals surface area contributed by atoms with Crippen molar-refractivity contribution in [2.45, 2.75) is 0 Å². The molecule has 0 saturated heterocycles. The Morgan fingerprint density at radius 2 is 1.88 bits per heavy atom. The van der Waals surface area contributed by atoms with Crippen LogP contribution in [0.1, 0.15) is 5.56 Å². The Bertz CT molecular complexity index is 1000. The van der Waals surface area contributed by atoms with E-state index in [9.17, 15) is 19.8 Å². The lowest BCUT2D eigenvalue weighted by molar-refractivity contribution is -0.111. The van der Waals surface area contributed by atoms with Crippen molar-refractivity contribution in [1.29, 1.82) is 0 Å². The van der Waals surface area contributed by atoms with Gasteiger partial charge in [0, 0.05) is 28.8 Å². The SMILES string of the molecule is O=C(/C=C/c1cc(O)ccc1O)Nc1ccc2oc(=O)ccc2c1. The maximum absolute atomic E-state index is 12.0. The summed E-state index contributed by atoms with van der Waals surface area (Å²) >= 11 is 0. The van der Waals surface area contributed by atoms with Crippen LogP contribution in [0.2, 0.25) is 0 Å². The summed E-state index contributed by atoms with van der Waals surface area (Å²) in [5, 5.41) is 22.4. The van der Waals surface area contributed by atoms with Gasteiger partial charge in [0.05, 0.1) is 0 Å². The molecule has 0 atom stereocenters. The number of benzene rings is 2. The van der Waals surface area contributed by atoms with Gasteiger partial charge in [-0.05, 0) is 48.5 Å². The molecule has 2 aromatic carbocycles. The van der Waals surface area contributed by atoms with E-state index in [1.54, 1.807) is 24.3 Å². The molecule has 1 aromatic heterocycles. The fraction of sp³-hybridized carbons (Fsp3) is 0. The van der Waals surface area contributed by atoms with Gasteiger partial charge in [0.25, 0.3) is 0 Å². The zero-order valence-corrected chi connectivity index (χ0v) is 12.4. The highest BCUT2D eigenvalue weighted by molar-refractivity contribution is 6.03. The van der Waals surface area contributed by atoms with Gasteiger partial charge in [0.2, 0.25) is 5.91 Å². The van der Waals surface area contributed by atoms with Gasteiger partial charge in [0.15, 0.2) is 0 Å². The van der Waals surface area contributed by atoms with Gasteiger partial charge in [-0.25, -0.2) is 4.79 Å². The second-order valence-electron chi connectivity index (χ2n) is 5.07. The molecule has 0 radical (unpaired) electrons. The smallest absolute Gasteiger partial charge is 0.336 e. The highest BCUT2D eigenvalue weighted by atomic mass is 16.4. The van der Waals surface area contributed by atoms with E-state index in [0.717, 1.165) is 0 Å². The van der Waals surface area contributed by atoms with Gasteiger partial charge < -0.3 is 19.9 Å². The molecule has 0 fully saturated rings. The van der Waals surface area contributed by atoms with Gasteiger partial charge in [-0.15, -0.1) is 0 Å².